The van der Waals surface area contributed by atoms with Gasteiger partial charge in [0.1, 0.15) is 0 Å². The molecule has 7 heteroatoms. The Morgan fingerprint density at radius 3 is 2.40 bits per heavy atom. The van der Waals surface area contributed by atoms with Crippen LogP contribution in [0.1, 0.15) is 21.0 Å². The van der Waals surface area contributed by atoms with Crippen LogP contribution in [-0.4, -0.2) is 41.2 Å². The van der Waals surface area contributed by atoms with Crippen molar-refractivity contribution in [3.8, 4) is 11.5 Å². The van der Waals surface area contributed by atoms with Crippen LogP contribution in [0.15, 0.2) is 28.7 Å². The topological polar surface area (TPSA) is 104 Å². The van der Waals surface area contributed by atoms with Gasteiger partial charge in [-0.25, -0.2) is 14.6 Å². The summed E-state index contributed by atoms with van der Waals surface area (Å²) in [7, 11) is 3.69. The van der Waals surface area contributed by atoms with Gasteiger partial charge < -0.3 is 19.5 Å². The Kier molecular flexibility index (Phi) is 3.43. The largest absolute Gasteiger partial charge is 0.476 e. The third-order valence-corrected chi connectivity index (χ3v) is 2.63. The van der Waals surface area contributed by atoms with Gasteiger partial charge in [-0.15, -0.1) is 0 Å². The summed E-state index contributed by atoms with van der Waals surface area (Å²) in [5.74, 6) is -3.63. The van der Waals surface area contributed by atoms with Gasteiger partial charge >= 0.3 is 11.9 Å². The van der Waals surface area contributed by atoms with E-state index in [1.54, 1.807) is 18.2 Å². The first-order chi connectivity index (χ1) is 9.40. The quantitative estimate of drug-likeness (QED) is 0.877. The molecule has 0 fully saturated rings. The van der Waals surface area contributed by atoms with E-state index in [-0.39, 0.29) is 5.89 Å². The Bertz CT molecular complexity index is 644. The maximum Gasteiger partial charge on any atom is 0.374 e. The summed E-state index contributed by atoms with van der Waals surface area (Å²) in [6.45, 7) is 0. The second kappa shape index (κ2) is 5.04. The van der Waals surface area contributed by atoms with E-state index < -0.39 is 23.4 Å². The van der Waals surface area contributed by atoms with Crippen LogP contribution in [0, 0.1) is 0 Å². The number of anilines is 1. The van der Waals surface area contributed by atoms with Crippen LogP contribution in [0.4, 0.5) is 5.69 Å². The number of carboxylic acid groups (broad SMARTS) is 2. The zero-order chi connectivity index (χ0) is 14.9. The van der Waals surface area contributed by atoms with E-state index in [2.05, 4.69) is 4.98 Å². The van der Waals surface area contributed by atoms with Crippen LogP contribution < -0.4 is 4.90 Å². The highest BCUT2D eigenvalue weighted by molar-refractivity contribution is 5.98. The van der Waals surface area contributed by atoms with Crippen LogP contribution in [0.5, 0.6) is 0 Å². The monoisotopic (exact) mass is 276 g/mol. The van der Waals surface area contributed by atoms with Gasteiger partial charge in [-0.3, -0.25) is 0 Å². The van der Waals surface area contributed by atoms with Crippen LogP contribution in [0.2, 0.25) is 0 Å². The summed E-state index contributed by atoms with van der Waals surface area (Å²) in [5.41, 5.74) is 0.753. The van der Waals surface area contributed by atoms with Crippen molar-refractivity contribution in [2.24, 2.45) is 0 Å². The van der Waals surface area contributed by atoms with Gasteiger partial charge in [0.25, 0.3) is 0 Å². The smallest absolute Gasteiger partial charge is 0.374 e. The first-order valence-electron chi connectivity index (χ1n) is 5.65. The van der Waals surface area contributed by atoms with Crippen molar-refractivity contribution in [2.45, 2.75) is 0 Å². The maximum atomic E-state index is 11.0. The predicted molar refractivity (Wildman–Crippen MR) is 70.2 cm³/mol. The van der Waals surface area contributed by atoms with Crippen LogP contribution in [0.3, 0.4) is 0 Å². The fourth-order valence-corrected chi connectivity index (χ4v) is 1.65. The zero-order valence-electron chi connectivity index (χ0n) is 10.8. The van der Waals surface area contributed by atoms with E-state index in [1.807, 2.05) is 25.1 Å². The molecule has 0 spiro atoms. The van der Waals surface area contributed by atoms with E-state index >= 15 is 0 Å². The Morgan fingerprint density at radius 1 is 1.20 bits per heavy atom. The third-order valence-electron chi connectivity index (χ3n) is 2.63. The minimum Gasteiger partial charge on any atom is -0.476 e. The number of hydrogen-bond donors (Lipinski definition) is 2. The minimum atomic E-state index is -1.47. The molecule has 2 rings (SSSR count). The van der Waals surface area contributed by atoms with Crippen molar-refractivity contribution < 1.29 is 24.2 Å². The first-order valence-corrected chi connectivity index (χ1v) is 5.65. The van der Waals surface area contributed by atoms with Crippen LogP contribution in [0.25, 0.3) is 11.5 Å². The van der Waals surface area contributed by atoms with Crippen LogP contribution in [-0.2, 0) is 0 Å². The fraction of sp³-hybridized carbons (Fsp3) is 0.154. The van der Waals surface area contributed by atoms with Gasteiger partial charge in [0.2, 0.25) is 17.3 Å². The molecule has 7 nitrogen and oxygen atoms in total. The van der Waals surface area contributed by atoms with Crippen molar-refractivity contribution in [1.82, 2.24) is 4.98 Å². The molecule has 1 aromatic carbocycles. The second-order valence-electron chi connectivity index (χ2n) is 4.25. The average molecular weight is 276 g/mol. The third kappa shape index (κ3) is 2.46. The molecular weight excluding hydrogens is 264 g/mol. The molecule has 0 amide bonds. The highest BCUT2D eigenvalue weighted by Crippen LogP contribution is 2.25. The average Bonchev–Trinajstić information content (AvgIpc) is 2.84. The van der Waals surface area contributed by atoms with Gasteiger partial charge in [0.05, 0.1) is 0 Å². The molecule has 0 saturated heterocycles. The lowest BCUT2D eigenvalue weighted by Gasteiger charge is -2.12. The molecule has 0 atom stereocenters. The maximum absolute atomic E-state index is 11.0. The van der Waals surface area contributed by atoms with E-state index in [0.717, 1.165) is 5.69 Å². The lowest BCUT2D eigenvalue weighted by atomic mass is 10.2. The molecule has 104 valence electrons. The summed E-state index contributed by atoms with van der Waals surface area (Å²) >= 11 is 0. The molecule has 0 aliphatic heterocycles. The Balaban J connectivity index is 2.53. The van der Waals surface area contributed by atoms with Crippen molar-refractivity contribution in [3.63, 3.8) is 0 Å². The van der Waals surface area contributed by atoms with E-state index in [9.17, 15) is 9.59 Å². The molecule has 0 radical (unpaired) electrons. The number of aromatic nitrogens is 1. The van der Waals surface area contributed by atoms with Gasteiger partial charge in [0, 0.05) is 25.3 Å². The second-order valence-corrected chi connectivity index (χ2v) is 4.25. The van der Waals surface area contributed by atoms with Gasteiger partial charge in [-0.05, 0) is 18.2 Å². The molecular formula is C13H12N2O5. The number of rotatable bonds is 4. The number of hydrogen-bond acceptors (Lipinski definition) is 5. The number of nitrogens with zero attached hydrogens (tertiary/aromatic N) is 2. The molecule has 0 saturated carbocycles. The summed E-state index contributed by atoms with van der Waals surface area (Å²) in [6, 6.07) is 6.98. The number of aromatic carboxylic acids is 2. The molecule has 0 aliphatic rings. The fourth-order valence-electron chi connectivity index (χ4n) is 1.65. The van der Waals surface area contributed by atoms with Crippen LogP contribution >= 0.6 is 0 Å². The highest BCUT2D eigenvalue weighted by Gasteiger charge is 2.25. The summed E-state index contributed by atoms with van der Waals surface area (Å²) in [6.07, 6.45) is 0. The van der Waals surface area contributed by atoms with Crippen molar-refractivity contribution in [3.05, 3.63) is 35.7 Å². The molecule has 0 unspecified atom stereocenters. The standard InChI is InChI=1S/C13H12N2O5/c1-15(2)8-5-3-4-7(6-8)11-14-9(12(16)17)10(20-11)13(18)19/h3-6H,1-2H3,(H,16,17)(H,18,19). The number of carbonyl (C=O) groups is 2. The Morgan fingerprint density at radius 2 is 1.90 bits per heavy atom. The zero-order valence-corrected chi connectivity index (χ0v) is 10.8. The lowest BCUT2D eigenvalue weighted by Crippen LogP contribution is -2.08. The lowest BCUT2D eigenvalue weighted by molar-refractivity contribution is 0.0624. The van der Waals surface area contributed by atoms with Crippen molar-refractivity contribution in [2.75, 3.05) is 19.0 Å². The predicted octanol–water partition coefficient (Wildman–Crippen LogP) is 1.80. The van der Waals surface area contributed by atoms with E-state index in [1.165, 1.54) is 0 Å². The molecule has 1 heterocycles. The van der Waals surface area contributed by atoms with E-state index in [0.29, 0.717) is 5.56 Å². The van der Waals surface area contributed by atoms with Crippen molar-refractivity contribution >= 4 is 17.6 Å². The first kappa shape index (κ1) is 13.6. The molecule has 0 bridgehead atoms. The summed E-state index contributed by atoms with van der Waals surface area (Å²) < 4.78 is 5.05. The molecule has 2 N–H and O–H groups in total. The van der Waals surface area contributed by atoms with Gasteiger partial charge in [-0.2, -0.15) is 0 Å². The van der Waals surface area contributed by atoms with Crippen molar-refractivity contribution in [1.29, 1.82) is 0 Å². The van der Waals surface area contributed by atoms with Gasteiger partial charge in [0.15, 0.2) is 0 Å². The van der Waals surface area contributed by atoms with Gasteiger partial charge in [-0.1, -0.05) is 6.07 Å². The number of benzene rings is 1. The molecule has 1 aromatic heterocycles. The Hall–Kier alpha value is -2.83. The summed E-state index contributed by atoms with van der Waals surface area (Å²) in [5, 5.41) is 17.8. The number of oxazole rings is 1. The SMILES string of the molecule is CN(C)c1cccc(-c2nc(C(=O)O)c(C(=O)O)o2)c1. The minimum absolute atomic E-state index is 0.0384. The highest BCUT2D eigenvalue weighted by atomic mass is 16.4. The number of carboxylic acids is 2. The Labute approximate surface area is 114 Å². The van der Waals surface area contributed by atoms with E-state index in [4.69, 9.17) is 14.6 Å². The molecule has 20 heavy (non-hydrogen) atoms. The molecule has 2 aromatic rings. The normalized spacial score (nSPS) is 10.3. The summed E-state index contributed by atoms with van der Waals surface area (Å²) in [4.78, 5) is 27.5. The molecule has 0 aliphatic carbocycles.